The fraction of sp³-hybridized carbons (Fsp3) is 0.227. The summed E-state index contributed by atoms with van der Waals surface area (Å²) in [6.07, 6.45) is 0.505. The second kappa shape index (κ2) is 7.09. The van der Waals surface area contributed by atoms with Crippen molar-refractivity contribution in [2.24, 2.45) is 0 Å². The zero-order valence-corrected chi connectivity index (χ0v) is 15.7. The van der Waals surface area contributed by atoms with Crippen LogP contribution in [-0.4, -0.2) is 38.7 Å². The number of nitrogens with zero attached hydrogens (tertiary/aromatic N) is 3. The zero-order chi connectivity index (χ0) is 19.8. The number of ether oxygens (including phenoxy) is 1. The third kappa shape index (κ3) is 3.24. The maximum atomic E-state index is 12.4. The summed E-state index contributed by atoms with van der Waals surface area (Å²) in [5.41, 5.74) is 3.14. The third-order valence-electron chi connectivity index (χ3n) is 5.42. The predicted molar refractivity (Wildman–Crippen MR) is 109 cm³/mol. The average Bonchev–Trinajstić information content (AvgIpc) is 3.40. The molecule has 0 spiro atoms. The molecule has 7 nitrogen and oxygen atoms in total. The Labute approximate surface area is 166 Å². The van der Waals surface area contributed by atoms with Crippen molar-refractivity contribution in [3.63, 3.8) is 0 Å². The van der Waals surface area contributed by atoms with Crippen molar-refractivity contribution in [2.75, 3.05) is 13.1 Å². The first-order valence-corrected chi connectivity index (χ1v) is 9.65. The molecule has 3 heterocycles. The van der Waals surface area contributed by atoms with E-state index in [-0.39, 0.29) is 24.2 Å². The molecular weight excluding hydrogens is 368 g/mol. The van der Waals surface area contributed by atoms with Gasteiger partial charge in [-0.05, 0) is 24.1 Å². The Balaban J connectivity index is 1.33. The van der Waals surface area contributed by atoms with Crippen LogP contribution in [0.25, 0.3) is 16.6 Å². The van der Waals surface area contributed by atoms with Gasteiger partial charge in [0.2, 0.25) is 0 Å². The number of carbonyl (C=O) groups excluding carboxylic acids is 1. The fourth-order valence-corrected chi connectivity index (χ4v) is 3.88. The van der Waals surface area contributed by atoms with Gasteiger partial charge >= 0.3 is 6.09 Å². The largest absolute Gasteiger partial charge is 0.445 e. The van der Waals surface area contributed by atoms with E-state index < -0.39 is 0 Å². The number of aromatic amines is 1. The highest BCUT2D eigenvalue weighted by atomic mass is 16.6. The average molecular weight is 388 g/mol. The first-order chi connectivity index (χ1) is 14.2. The van der Waals surface area contributed by atoms with E-state index in [1.54, 1.807) is 15.5 Å². The Morgan fingerprint density at radius 2 is 1.93 bits per heavy atom. The number of amides is 1. The van der Waals surface area contributed by atoms with E-state index in [0.29, 0.717) is 24.1 Å². The molecule has 1 N–H and O–H groups in total. The van der Waals surface area contributed by atoms with Gasteiger partial charge in [0.1, 0.15) is 12.3 Å². The van der Waals surface area contributed by atoms with Gasteiger partial charge in [-0.1, -0.05) is 42.5 Å². The lowest BCUT2D eigenvalue weighted by Crippen LogP contribution is -2.29. The van der Waals surface area contributed by atoms with Crippen LogP contribution < -0.4 is 5.56 Å². The highest BCUT2D eigenvalue weighted by molar-refractivity contribution is 5.80. The molecule has 1 unspecified atom stereocenters. The van der Waals surface area contributed by atoms with Crippen molar-refractivity contribution >= 4 is 22.6 Å². The SMILES string of the molecule is O=C(OCc1ccccc1)N1CCC(c2cc3[nH]c(=O)c4ccccc4n3n2)C1. The van der Waals surface area contributed by atoms with Gasteiger partial charge in [-0.25, -0.2) is 9.31 Å². The Morgan fingerprint density at radius 3 is 2.79 bits per heavy atom. The minimum atomic E-state index is -0.307. The summed E-state index contributed by atoms with van der Waals surface area (Å²) in [6, 6.07) is 18.9. The number of benzene rings is 2. The minimum absolute atomic E-state index is 0.112. The second-order valence-electron chi connectivity index (χ2n) is 7.31. The predicted octanol–water partition coefficient (Wildman–Crippen LogP) is 3.30. The summed E-state index contributed by atoms with van der Waals surface area (Å²) in [4.78, 5) is 29.3. The summed E-state index contributed by atoms with van der Waals surface area (Å²) in [5.74, 6) is 0.112. The summed E-state index contributed by atoms with van der Waals surface area (Å²) in [5, 5.41) is 5.32. The Kier molecular flexibility index (Phi) is 4.27. The first-order valence-electron chi connectivity index (χ1n) is 9.65. The minimum Gasteiger partial charge on any atom is -0.445 e. The molecule has 2 aromatic carbocycles. The van der Waals surface area contributed by atoms with Gasteiger partial charge in [-0.3, -0.25) is 4.79 Å². The molecule has 1 fully saturated rings. The molecule has 146 valence electrons. The van der Waals surface area contributed by atoms with Crippen molar-refractivity contribution in [3.8, 4) is 0 Å². The normalized spacial score (nSPS) is 16.6. The number of likely N-dealkylation sites (tertiary alicyclic amines) is 1. The molecular formula is C22H20N4O3. The molecule has 0 radical (unpaired) electrons. The molecule has 1 amide bonds. The highest BCUT2D eigenvalue weighted by Gasteiger charge is 2.30. The van der Waals surface area contributed by atoms with Gasteiger partial charge in [-0.2, -0.15) is 5.10 Å². The van der Waals surface area contributed by atoms with E-state index >= 15 is 0 Å². The summed E-state index contributed by atoms with van der Waals surface area (Å²) < 4.78 is 7.21. The lowest BCUT2D eigenvalue weighted by Gasteiger charge is -2.16. The Morgan fingerprint density at radius 1 is 1.14 bits per heavy atom. The van der Waals surface area contributed by atoms with Crippen LogP contribution in [0.3, 0.4) is 0 Å². The van der Waals surface area contributed by atoms with E-state index in [4.69, 9.17) is 9.84 Å². The number of para-hydroxylation sites is 1. The standard InChI is InChI=1S/C22H20N4O3/c27-21-17-8-4-5-9-19(17)26-20(23-21)12-18(24-26)16-10-11-25(13-16)22(28)29-14-15-6-2-1-3-7-15/h1-9,12,16H,10-11,13-14H2,(H,23,27). The quantitative estimate of drug-likeness (QED) is 0.584. The van der Waals surface area contributed by atoms with Crippen LogP contribution in [0.15, 0.2) is 65.5 Å². The van der Waals surface area contributed by atoms with Crippen LogP contribution in [-0.2, 0) is 11.3 Å². The van der Waals surface area contributed by atoms with E-state index in [9.17, 15) is 9.59 Å². The zero-order valence-electron chi connectivity index (χ0n) is 15.7. The number of nitrogens with one attached hydrogen (secondary N) is 1. The topological polar surface area (TPSA) is 79.7 Å². The lowest BCUT2D eigenvalue weighted by atomic mass is 10.1. The number of fused-ring (bicyclic) bond motifs is 3. The van der Waals surface area contributed by atoms with Gasteiger partial charge in [0.15, 0.2) is 0 Å². The molecule has 5 rings (SSSR count). The molecule has 0 aliphatic carbocycles. The summed E-state index contributed by atoms with van der Waals surface area (Å²) in [6.45, 7) is 1.45. The van der Waals surface area contributed by atoms with Crippen molar-refractivity contribution < 1.29 is 9.53 Å². The van der Waals surface area contributed by atoms with Gasteiger partial charge in [0.25, 0.3) is 5.56 Å². The van der Waals surface area contributed by atoms with Crippen LogP contribution in [0, 0.1) is 0 Å². The van der Waals surface area contributed by atoms with E-state index in [1.807, 2.05) is 54.6 Å². The maximum absolute atomic E-state index is 12.4. The maximum Gasteiger partial charge on any atom is 0.410 e. The van der Waals surface area contributed by atoms with Crippen molar-refractivity contribution in [1.82, 2.24) is 19.5 Å². The first kappa shape index (κ1) is 17.5. The molecule has 0 bridgehead atoms. The highest BCUT2D eigenvalue weighted by Crippen LogP contribution is 2.28. The number of rotatable bonds is 3. The van der Waals surface area contributed by atoms with Crippen molar-refractivity contribution in [1.29, 1.82) is 0 Å². The van der Waals surface area contributed by atoms with E-state index in [0.717, 1.165) is 23.2 Å². The summed E-state index contributed by atoms with van der Waals surface area (Å²) >= 11 is 0. The smallest absolute Gasteiger partial charge is 0.410 e. The third-order valence-corrected chi connectivity index (χ3v) is 5.42. The van der Waals surface area contributed by atoms with E-state index in [1.165, 1.54) is 0 Å². The molecule has 4 aromatic rings. The van der Waals surface area contributed by atoms with Crippen molar-refractivity contribution in [3.05, 3.63) is 82.3 Å². The molecule has 7 heteroatoms. The molecule has 1 aliphatic heterocycles. The molecule has 2 aromatic heterocycles. The van der Waals surface area contributed by atoms with Crippen LogP contribution in [0.4, 0.5) is 4.79 Å². The van der Waals surface area contributed by atoms with Gasteiger partial charge in [0.05, 0.1) is 16.6 Å². The second-order valence-corrected chi connectivity index (χ2v) is 7.31. The molecule has 1 saturated heterocycles. The number of hydrogen-bond acceptors (Lipinski definition) is 4. The van der Waals surface area contributed by atoms with Crippen LogP contribution in [0.5, 0.6) is 0 Å². The van der Waals surface area contributed by atoms with Crippen LogP contribution in [0.2, 0.25) is 0 Å². The van der Waals surface area contributed by atoms with E-state index in [2.05, 4.69) is 4.98 Å². The fourth-order valence-electron chi connectivity index (χ4n) is 3.88. The van der Waals surface area contributed by atoms with Crippen LogP contribution in [0.1, 0.15) is 23.6 Å². The summed E-state index contributed by atoms with van der Waals surface area (Å²) in [7, 11) is 0. The monoisotopic (exact) mass is 388 g/mol. The molecule has 1 atom stereocenters. The number of H-pyrrole nitrogens is 1. The lowest BCUT2D eigenvalue weighted by molar-refractivity contribution is 0.104. The Bertz CT molecular complexity index is 1250. The number of hydrogen-bond donors (Lipinski definition) is 1. The number of aromatic nitrogens is 3. The van der Waals surface area contributed by atoms with Gasteiger partial charge in [0, 0.05) is 25.1 Å². The number of carbonyl (C=O) groups is 1. The van der Waals surface area contributed by atoms with Crippen molar-refractivity contribution in [2.45, 2.75) is 18.9 Å². The molecule has 29 heavy (non-hydrogen) atoms. The Hall–Kier alpha value is -3.61. The molecule has 0 saturated carbocycles. The molecule has 1 aliphatic rings. The van der Waals surface area contributed by atoms with Gasteiger partial charge < -0.3 is 14.6 Å². The van der Waals surface area contributed by atoms with Gasteiger partial charge in [-0.15, -0.1) is 0 Å². The van der Waals surface area contributed by atoms with Crippen LogP contribution >= 0.6 is 0 Å².